The molecule has 0 aliphatic heterocycles. The van der Waals surface area contributed by atoms with Gasteiger partial charge in [-0.05, 0) is 13.8 Å². The summed E-state index contributed by atoms with van der Waals surface area (Å²) < 4.78 is 1.42. The third kappa shape index (κ3) is 10.3. The van der Waals surface area contributed by atoms with Gasteiger partial charge >= 0.3 is 99.2 Å². The van der Waals surface area contributed by atoms with Crippen LogP contribution < -0.4 is 24.8 Å². The second-order valence-corrected chi connectivity index (χ2v) is 25.1. The van der Waals surface area contributed by atoms with E-state index in [1.54, 1.807) is 0 Å². The Kier molecular flexibility index (Phi) is 14.3. The van der Waals surface area contributed by atoms with Crippen molar-refractivity contribution in [1.82, 2.24) is 0 Å². The van der Waals surface area contributed by atoms with Crippen molar-refractivity contribution in [3.63, 3.8) is 0 Å². The van der Waals surface area contributed by atoms with Crippen molar-refractivity contribution in [3.8, 4) is 0 Å². The average molecular weight is 731 g/mol. The van der Waals surface area contributed by atoms with Crippen LogP contribution in [0.25, 0.3) is 21.5 Å². The molecular weight excluding hydrogens is 687 g/mol. The number of rotatable bonds is 4. The molecule has 0 aromatic heterocycles. The minimum absolute atomic E-state index is 0. The van der Waals surface area contributed by atoms with Crippen LogP contribution in [0.15, 0.2) is 120 Å². The normalized spacial score (nSPS) is 14.0. The fourth-order valence-corrected chi connectivity index (χ4v) is 8.48. The van der Waals surface area contributed by atoms with E-state index in [1.807, 2.05) is 0 Å². The first kappa shape index (κ1) is 38.2. The summed E-state index contributed by atoms with van der Waals surface area (Å²) in [4.78, 5) is 0. The summed E-state index contributed by atoms with van der Waals surface area (Å²) in [5.74, 6) is 0. The molecule has 0 radical (unpaired) electrons. The number of halogens is 2. The molecule has 1 aliphatic rings. The SMILES string of the molecule is C[Si](C)(C)C1=[C-]C([Si](C)(C)C)C=C1.Cc1ccc2c(c1)[cH-]c1cc(C)ccc12.[Cl-].[Cl-].[Zr+2]=[C](c1ccccc1)c1ccccc1. The van der Waals surface area contributed by atoms with Crippen molar-refractivity contribution in [1.29, 1.82) is 0 Å². The maximum atomic E-state index is 3.70. The zero-order valence-corrected chi connectivity index (χ0v) is 33.3. The molecule has 1 unspecified atom stereocenters. The Hall–Kier alpha value is -2.00. The van der Waals surface area contributed by atoms with Gasteiger partial charge in [-0.3, -0.25) is 6.08 Å². The Balaban J connectivity index is 0.000000226. The summed E-state index contributed by atoms with van der Waals surface area (Å²) >= 11 is 1.46. The number of hydrogen-bond acceptors (Lipinski definition) is 0. The second-order valence-electron chi connectivity index (χ2n) is 13.4. The molecule has 44 heavy (non-hydrogen) atoms. The molecule has 0 amide bonds. The third-order valence-electron chi connectivity index (χ3n) is 7.65. The number of fused-ring (bicyclic) bond motifs is 3. The molecule has 228 valence electrons. The van der Waals surface area contributed by atoms with E-state index in [1.165, 1.54) is 76.4 Å². The molecule has 0 heterocycles. The van der Waals surface area contributed by atoms with Crippen LogP contribution in [-0.2, 0) is 24.2 Å². The summed E-state index contributed by atoms with van der Waals surface area (Å²) in [6.07, 6.45) is 8.40. The van der Waals surface area contributed by atoms with E-state index in [9.17, 15) is 0 Å². The molecular formula is C39H44Cl2Si2Zr-2. The maximum absolute atomic E-state index is 3.70. The predicted molar refractivity (Wildman–Crippen MR) is 189 cm³/mol. The van der Waals surface area contributed by atoms with E-state index in [-0.39, 0.29) is 24.8 Å². The van der Waals surface area contributed by atoms with Gasteiger partial charge in [0.1, 0.15) is 0 Å². The van der Waals surface area contributed by atoms with Crippen molar-refractivity contribution >= 4 is 40.9 Å². The van der Waals surface area contributed by atoms with Gasteiger partial charge in [-0.25, -0.2) is 11.3 Å². The molecule has 0 nitrogen and oxygen atoms in total. The topological polar surface area (TPSA) is 0 Å². The standard InChI is InChI=1S/C15H13.C13H10.C11H21Si2.2ClH.Zr/c1-10-3-5-14-12(7-10)9-13-8-11(2)4-6-15(13)14;1-3-7-12(8-4-1)11-13-9-5-2-6-10-13;1-12(2,3)10-7-8-11(9-10)13(4,5)6;;;/h3-9H,1-2H3;1-10H;7-8,10H,1-6H3;2*1H;/q-1;;-1;;;+2/p-2. The van der Waals surface area contributed by atoms with Crippen LogP contribution in [0.2, 0.25) is 44.8 Å². The molecule has 5 aromatic rings. The minimum atomic E-state index is -1.10. The van der Waals surface area contributed by atoms with Gasteiger partial charge in [0.25, 0.3) is 0 Å². The quantitative estimate of drug-likeness (QED) is 0.180. The van der Waals surface area contributed by atoms with Crippen molar-refractivity contribution < 1.29 is 49.0 Å². The Morgan fingerprint density at radius 1 is 0.659 bits per heavy atom. The van der Waals surface area contributed by atoms with E-state index < -0.39 is 16.1 Å². The second kappa shape index (κ2) is 16.5. The van der Waals surface area contributed by atoms with Crippen LogP contribution in [0.4, 0.5) is 0 Å². The van der Waals surface area contributed by atoms with Crippen molar-refractivity contribution in [2.24, 2.45) is 0 Å². The first-order valence-corrected chi connectivity index (χ1v) is 23.2. The van der Waals surface area contributed by atoms with Gasteiger partial charge in [0, 0.05) is 16.1 Å². The van der Waals surface area contributed by atoms with Crippen LogP contribution in [0.5, 0.6) is 0 Å². The fraction of sp³-hybridized carbons (Fsp3) is 0.231. The molecule has 0 saturated carbocycles. The van der Waals surface area contributed by atoms with Gasteiger partial charge < -0.3 is 24.8 Å². The number of hydrogen-bond donors (Lipinski definition) is 0. The average Bonchev–Trinajstić information content (AvgIpc) is 3.60. The number of aryl methyl sites for hydroxylation is 2. The predicted octanol–water partition coefficient (Wildman–Crippen LogP) is 5.01. The fourth-order valence-electron chi connectivity index (χ4n) is 5.07. The Morgan fingerprint density at radius 3 is 1.43 bits per heavy atom. The summed E-state index contributed by atoms with van der Waals surface area (Å²) in [5.41, 5.74) is 5.98. The van der Waals surface area contributed by atoms with Crippen molar-refractivity contribution in [2.45, 2.75) is 58.7 Å². The molecule has 1 aliphatic carbocycles. The molecule has 1 atom stereocenters. The summed E-state index contributed by atoms with van der Waals surface area (Å²) in [5, 5.41) is 6.98. The van der Waals surface area contributed by atoms with E-state index in [4.69, 9.17) is 0 Å². The molecule has 0 spiro atoms. The van der Waals surface area contributed by atoms with Gasteiger partial charge in [0.15, 0.2) is 0 Å². The monoisotopic (exact) mass is 728 g/mol. The van der Waals surface area contributed by atoms with Crippen LogP contribution >= 0.6 is 0 Å². The van der Waals surface area contributed by atoms with E-state index >= 15 is 0 Å². The Labute approximate surface area is 295 Å². The van der Waals surface area contributed by atoms with E-state index in [2.05, 4.69) is 174 Å². The Morgan fingerprint density at radius 2 is 1.09 bits per heavy atom. The van der Waals surface area contributed by atoms with Crippen LogP contribution in [0.1, 0.15) is 22.3 Å². The first-order chi connectivity index (χ1) is 19.8. The van der Waals surface area contributed by atoms with Crippen LogP contribution in [-0.4, -0.2) is 19.4 Å². The number of benzene rings is 4. The van der Waals surface area contributed by atoms with Gasteiger partial charge in [0.05, 0.1) is 0 Å². The van der Waals surface area contributed by atoms with Crippen molar-refractivity contribution in [2.75, 3.05) is 0 Å². The zero-order chi connectivity index (χ0) is 30.5. The Bertz CT molecular complexity index is 1620. The van der Waals surface area contributed by atoms with Gasteiger partial charge in [0.2, 0.25) is 0 Å². The summed E-state index contributed by atoms with van der Waals surface area (Å²) in [6.45, 7) is 18.7. The summed E-state index contributed by atoms with van der Waals surface area (Å²) in [7, 11) is -2.15. The molecule has 5 aromatic carbocycles. The van der Waals surface area contributed by atoms with Crippen LogP contribution in [0, 0.1) is 19.9 Å². The van der Waals surface area contributed by atoms with Gasteiger partial charge in [-0.1, -0.05) is 74.7 Å². The molecule has 0 N–H and O–H groups in total. The molecule has 0 bridgehead atoms. The molecule has 6 rings (SSSR count). The summed E-state index contributed by atoms with van der Waals surface area (Å²) in [6, 6.07) is 36.7. The van der Waals surface area contributed by atoms with Gasteiger partial charge in [-0.15, -0.1) is 45.3 Å². The van der Waals surface area contributed by atoms with E-state index in [0.29, 0.717) is 5.54 Å². The number of allylic oxidation sites excluding steroid dienone is 4. The zero-order valence-electron chi connectivity index (χ0n) is 27.3. The van der Waals surface area contributed by atoms with Gasteiger partial charge in [-0.2, -0.15) is 6.08 Å². The third-order valence-corrected chi connectivity index (χ3v) is 13.2. The van der Waals surface area contributed by atoms with E-state index in [0.717, 1.165) is 0 Å². The van der Waals surface area contributed by atoms with Crippen molar-refractivity contribution in [3.05, 3.63) is 149 Å². The first-order valence-electron chi connectivity index (χ1n) is 14.9. The van der Waals surface area contributed by atoms with Crippen LogP contribution in [0.3, 0.4) is 0 Å². The molecule has 0 fully saturated rings. The molecule has 5 heteroatoms. The molecule has 0 saturated heterocycles.